The van der Waals surface area contributed by atoms with Gasteiger partial charge in [-0.05, 0) is 42.8 Å². The van der Waals surface area contributed by atoms with Crippen LogP contribution in [0.1, 0.15) is 12.5 Å². The largest absolute Gasteiger partial charge is 0.479 e. The average molecular weight is 368 g/mol. The molecule has 126 valence electrons. The van der Waals surface area contributed by atoms with E-state index in [1.165, 1.54) is 0 Å². The van der Waals surface area contributed by atoms with Crippen molar-refractivity contribution in [3.05, 3.63) is 52.0 Å². The highest BCUT2D eigenvalue weighted by Gasteiger charge is 2.17. The van der Waals surface area contributed by atoms with E-state index in [4.69, 9.17) is 37.4 Å². The average Bonchev–Trinajstić information content (AvgIpc) is 3.02. The molecular weight excluding hydrogens is 353 g/mol. The van der Waals surface area contributed by atoms with Crippen molar-refractivity contribution >= 4 is 29.1 Å². The van der Waals surface area contributed by atoms with Crippen LogP contribution in [0.5, 0.6) is 17.2 Å². The molecule has 1 atom stereocenters. The minimum absolute atomic E-state index is 0.220. The van der Waals surface area contributed by atoms with Gasteiger partial charge in [0, 0.05) is 11.6 Å². The zero-order chi connectivity index (χ0) is 17.1. The van der Waals surface area contributed by atoms with E-state index >= 15 is 0 Å². The van der Waals surface area contributed by atoms with Crippen molar-refractivity contribution in [1.82, 2.24) is 5.32 Å². The molecule has 24 heavy (non-hydrogen) atoms. The fraction of sp³-hybridized carbons (Fsp3) is 0.235. The van der Waals surface area contributed by atoms with Gasteiger partial charge in [0.2, 0.25) is 6.79 Å². The van der Waals surface area contributed by atoms with Gasteiger partial charge in [0.25, 0.3) is 5.91 Å². The summed E-state index contributed by atoms with van der Waals surface area (Å²) in [5.74, 6) is 1.55. The standard InChI is InChI=1S/C17H15Cl2NO4/c1-10(24-14-5-3-12(18)7-13(14)19)17(21)20-8-11-2-4-15-16(6-11)23-9-22-15/h2-7,10H,8-9H2,1H3,(H,20,21)/t10-/m0/s1. The zero-order valence-electron chi connectivity index (χ0n) is 12.8. The molecule has 1 N–H and O–H groups in total. The molecule has 0 fully saturated rings. The van der Waals surface area contributed by atoms with Crippen molar-refractivity contribution in [1.29, 1.82) is 0 Å². The van der Waals surface area contributed by atoms with Gasteiger partial charge >= 0.3 is 0 Å². The van der Waals surface area contributed by atoms with Crippen LogP contribution in [-0.2, 0) is 11.3 Å². The molecule has 2 aromatic carbocycles. The zero-order valence-corrected chi connectivity index (χ0v) is 14.4. The second-order valence-electron chi connectivity index (χ2n) is 5.24. The number of carbonyl (C=O) groups excluding carboxylic acids is 1. The van der Waals surface area contributed by atoms with Gasteiger partial charge in [0.05, 0.1) is 5.02 Å². The summed E-state index contributed by atoms with van der Waals surface area (Å²) in [6, 6.07) is 10.4. The number of amides is 1. The van der Waals surface area contributed by atoms with E-state index in [9.17, 15) is 4.79 Å². The third-order valence-electron chi connectivity index (χ3n) is 3.47. The lowest BCUT2D eigenvalue weighted by atomic mass is 10.2. The van der Waals surface area contributed by atoms with Crippen LogP contribution in [0.4, 0.5) is 0 Å². The van der Waals surface area contributed by atoms with E-state index in [2.05, 4.69) is 5.32 Å². The SMILES string of the molecule is C[C@H](Oc1ccc(Cl)cc1Cl)C(=O)NCc1ccc2c(c1)OCO2. The minimum Gasteiger partial charge on any atom is -0.479 e. The topological polar surface area (TPSA) is 56.8 Å². The summed E-state index contributed by atoms with van der Waals surface area (Å²) in [6.45, 7) is 2.23. The van der Waals surface area contributed by atoms with Gasteiger partial charge in [-0.25, -0.2) is 0 Å². The van der Waals surface area contributed by atoms with E-state index in [0.717, 1.165) is 5.56 Å². The number of hydrogen-bond donors (Lipinski definition) is 1. The molecule has 7 heteroatoms. The van der Waals surface area contributed by atoms with Crippen LogP contribution in [0.3, 0.4) is 0 Å². The van der Waals surface area contributed by atoms with Crippen LogP contribution < -0.4 is 19.5 Å². The van der Waals surface area contributed by atoms with Gasteiger partial charge in [-0.15, -0.1) is 0 Å². The molecular formula is C17H15Cl2NO4. The molecule has 3 rings (SSSR count). The summed E-state index contributed by atoms with van der Waals surface area (Å²) in [7, 11) is 0. The number of rotatable bonds is 5. The van der Waals surface area contributed by atoms with Crippen LogP contribution in [0.25, 0.3) is 0 Å². The van der Waals surface area contributed by atoms with E-state index in [1.807, 2.05) is 18.2 Å². The van der Waals surface area contributed by atoms with E-state index in [1.54, 1.807) is 25.1 Å². The molecule has 0 radical (unpaired) electrons. The van der Waals surface area contributed by atoms with E-state index < -0.39 is 6.10 Å². The summed E-state index contributed by atoms with van der Waals surface area (Å²) < 4.78 is 16.1. The lowest BCUT2D eigenvalue weighted by Gasteiger charge is -2.16. The number of fused-ring (bicyclic) bond motifs is 1. The van der Waals surface area contributed by atoms with Crippen molar-refractivity contribution in [3.8, 4) is 17.2 Å². The Labute approximate surface area is 149 Å². The second-order valence-corrected chi connectivity index (χ2v) is 6.08. The van der Waals surface area contributed by atoms with Gasteiger partial charge in [-0.2, -0.15) is 0 Å². The lowest BCUT2D eigenvalue weighted by Crippen LogP contribution is -2.35. The Balaban J connectivity index is 1.56. The van der Waals surface area contributed by atoms with E-state index in [0.29, 0.717) is 33.8 Å². The maximum absolute atomic E-state index is 12.2. The first kappa shape index (κ1) is 16.7. The van der Waals surface area contributed by atoms with Gasteiger partial charge < -0.3 is 19.5 Å². The summed E-state index contributed by atoms with van der Waals surface area (Å²) in [5.41, 5.74) is 0.907. The van der Waals surface area contributed by atoms with Crippen molar-refractivity contribution in [2.45, 2.75) is 19.6 Å². The van der Waals surface area contributed by atoms with Crippen LogP contribution in [0, 0.1) is 0 Å². The minimum atomic E-state index is -0.697. The fourth-order valence-electron chi connectivity index (χ4n) is 2.20. The molecule has 0 aromatic heterocycles. The molecule has 0 aliphatic carbocycles. The Bertz CT molecular complexity index is 766. The van der Waals surface area contributed by atoms with Crippen LogP contribution in [0.2, 0.25) is 10.0 Å². The molecule has 1 aliphatic heterocycles. The fourth-order valence-corrected chi connectivity index (χ4v) is 2.65. The van der Waals surface area contributed by atoms with Crippen molar-refractivity contribution in [2.24, 2.45) is 0 Å². The molecule has 0 saturated carbocycles. The maximum atomic E-state index is 12.2. The Hall–Kier alpha value is -2.11. The molecule has 0 spiro atoms. The molecule has 1 aliphatic rings. The van der Waals surface area contributed by atoms with Gasteiger partial charge in [0.1, 0.15) is 5.75 Å². The summed E-state index contributed by atoms with van der Waals surface area (Å²) >= 11 is 11.9. The molecule has 0 bridgehead atoms. The molecule has 5 nitrogen and oxygen atoms in total. The summed E-state index contributed by atoms with van der Waals surface area (Å²) in [4.78, 5) is 12.2. The predicted octanol–water partition coefficient (Wildman–Crippen LogP) is 3.81. The molecule has 1 heterocycles. The Morgan fingerprint density at radius 3 is 2.79 bits per heavy atom. The van der Waals surface area contributed by atoms with Crippen molar-refractivity contribution in [2.75, 3.05) is 6.79 Å². The highest BCUT2D eigenvalue weighted by Crippen LogP contribution is 2.32. The van der Waals surface area contributed by atoms with E-state index in [-0.39, 0.29) is 12.7 Å². The second kappa shape index (κ2) is 7.20. The highest BCUT2D eigenvalue weighted by atomic mass is 35.5. The van der Waals surface area contributed by atoms with Gasteiger partial charge in [0.15, 0.2) is 17.6 Å². The third-order valence-corrected chi connectivity index (χ3v) is 4.00. The normalized spacial score (nSPS) is 13.5. The number of benzene rings is 2. The first-order valence-corrected chi connectivity index (χ1v) is 8.06. The maximum Gasteiger partial charge on any atom is 0.261 e. The molecule has 2 aromatic rings. The Kier molecular flexibility index (Phi) is 5.02. The summed E-state index contributed by atoms with van der Waals surface area (Å²) in [5, 5.41) is 3.68. The number of carbonyl (C=O) groups is 1. The number of ether oxygens (including phenoxy) is 3. The van der Waals surface area contributed by atoms with Crippen LogP contribution in [-0.4, -0.2) is 18.8 Å². The first-order chi connectivity index (χ1) is 11.5. The molecule has 0 saturated heterocycles. The van der Waals surface area contributed by atoms with Crippen molar-refractivity contribution < 1.29 is 19.0 Å². The van der Waals surface area contributed by atoms with Crippen LogP contribution >= 0.6 is 23.2 Å². The molecule has 1 amide bonds. The predicted molar refractivity (Wildman–Crippen MR) is 91.0 cm³/mol. The smallest absolute Gasteiger partial charge is 0.261 e. The molecule has 0 unspecified atom stereocenters. The quantitative estimate of drug-likeness (QED) is 0.872. The van der Waals surface area contributed by atoms with Gasteiger partial charge in [-0.1, -0.05) is 29.3 Å². The first-order valence-electron chi connectivity index (χ1n) is 7.31. The Morgan fingerprint density at radius 1 is 1.21 bits per heavy atom. The van der Waals surface area contributed by atoms with Crippen molar-refractivity contribution in [3.63, 3.8) is 0 Å². The van der Waals surface area contributed by atoms with Gasteiger partial charge in [-0.3, -0.25) is 4.79 Å². The Morgan fingerprint density at radius 2 is 2.00 bits per heavy atom. The number of nitrogens with one attached hydrogen (secondary N) is 1. The lowest BCUT2D eigenvalue weighted by molar-refractivity contribution is -0.127. The number of halogens is 2. The summed E-state index contributed by atoms with van der Waals surface area (Å²) in [6.07, 6.45) is -0.697. The monoisotopic (exact) mass is 367 g/mol. The highest BCUT2D eigenvalue weighted by molar-refractivity contribution is 6.35. The third kappa shape index (κ3) is 3.86. The van der Waals surface area contributed by atoms with Crippen LogP contribution in [0.15, 0.2) is 36.4 Å². The number of hydrogen-bond acceptors (Lipinski definition) is 4.